The molecule has 41 heavy (non-hydrogen) atoms. The number of aliphatic hydroxyl groups is 1. The van der Waals surface area contributed by atoms with Crippen LogP contribution in [0.2, 0.25) is 0 Å². The van der Waals surface area contributed by atoms with Crippen molar-refractivity contribution in [1.29, 1.82) is 0 Å². The summed E-state index contributed by atoms with van der Waals surface area (Å²) in [5.74, 6) is -2.70. The predicted molar refractivity (Wildman–Crippen MR) is 154 cm³/mol. The van der Waals surface area contributed by atoms with E-state index in [0.29, 0.717) is 58.5 Å². The van der Waals surface area contributed by atoms with E-state index in [1.807, 2.05) is 20.8 Å². The largest absolute Gasteiger partial charge is 0.465 e. The molecule has 230 valence electrons. The van der Waals surface area contributed by atoms with Crippen molar-refractivity contribution in [2.45, 2.75) is 76.2 Å². The van der Waals surface area contributed by atoms with Gasteiger partial charge in [0.05, 0.1) is 44.0 Å². The molecule has 2 amide bonds. The maximum absolute atomic E-state index is 14.6. The molecule has 7 atom stereocenters. The van der Waals surface area contributed by atoms with Gasteiger partial charge in [0.15, 0.2) is 0 Å². The molecule has 4 fully saturated rings. The van der Waals surface area contributed by atoms with Gasteiger partial charge < -0.3 is 29.1 Å². The molecule has 10 heteroatoms. The van der Waals surface area contributed by atoms with E-state index in [1.54, 1.807) is 22.0 Å². The lowest BCUT2D eigenvalue weighted by atomic mass is 9.66. The van der Waals surface area contributed by atoms with E-state index < -0.39 is 41.1 Å². The van der Waals surface area contributed by atoms with E-state index in [9.17, 15) is 19.5 Å². The Bertz CT molecular complexity index is 985. The highest BCUT2D eigenvalue weighted by molar-refractivity contribution is 5.98. The Morgan fingerprint density at radius 2 is 1.98 bits per heavy atom. The number of nitrogens with zero attached hydrogens (tertiary/aromatic N) is 3. The molecule has 0 aliphatic carbocycles. The van der Waals surface area contributed by atoms with E-state index in [4.69, 9.17) is 14.2 Å². The molecule has 10 nitrogen and oxygen atoms in total. The number of unbranched alkanes of at least 4 members (excludes halogenated alkanes) is 1. The third-order valence-corrected chi connectivity index (χ3v) is 9.80. The van der Waals surface area contributed by atoms with E-state index in [2.05, 4.69) is 18.1 Å². The molecule has 2 bridgehead atoms. The lowest BCUT2D eigenvalue weighted by Gasteiger charge is -2.41. The normalized spacial score (nSPS) is 32.4. The fourth-order valence-corrected chi connectivity index (χ4v) is 7.37. The third kappa shape index (κ3) is 5.85. The summed E-state index contributed by atoms with van der Waals surface area (Å²) in [6, 6.07) is -1.53. The van der Waals surface area contributed by atoms with Gasteiger partial charge in [-0.3, -0.25) is 19.3 Å². The minimum absolute atomic E-state index is 0.0622. The van der Waals surface area contributed by atoms with Crippen LogP contribution in [0.4, 0.5) is 0 Å². The highest BCUT2D eigenvalue weighted by Gasteiger charge is 2.79. The highest BCUT2D eigenvalue weighted by atomic mass is 16.6. The average Bonchev–Trinajstić information content (AvgIpc) is 3.54. The first-order chi connectivity index (χ1) is 19.7. The SMILES string of the molecule is C=CCCCOC(=O)[C@H]1[C@H]2C(=O)N([C@@H](CO)[C@@H](C)CC)C(C(=O)N(CC=C)CCN3CCOCC3)C23CC[C@]1(C)O3. The maximum atomic E-state index is 14.6. The second-order valence-electron chi connectivity index (χ2n) is 12.2. The van der Waals surface area contributed by atoms with Crippen molar-refractivity contribution in [1.82, 2.24) is 14.7 Å². The van der Waals surface area contributed by atoms with Crippen LogP contribution in [0.25, 0.3) is 0 Å². The molecule has 0 aromatic rings. The number of allylic oxidation sites excluding steroid dienone is 1. The molecule has 0 saturated carbocycles. The standard InChI is InChI=1S/C31H49N3O7/c1-6-9-10-18-40-29(38)25-24-27(36)34(23(21-35)22(4)8-3)26(31(24)12-11-30(25,5)41-31)28(37)33(13-7-2)15-14-32-16-19-39-20-17-32/h6-7,22-26,35H,1-2,8-21H2,3-5H3/t22-,23-,24-,25+,26?,30-,31?/m0/s1. The first-order valence-corrected chi connectivity index (χ1v) is 15.3. The summed E-state index contributed by atoms with van der Waals surface area (Å²) in [5.41, 5.74) is -2.06. The number of aliphatic hydroxyl groups excluding tert-OH is 1. The number of carbonyl (C=O) groups excluding carboxylic acids is 3. The first-order valence-electron chi connectivity index (χ1n) is 15.3. The Kier molecular flexibility index (Phi) is 10.3. The Hall–Kier alpha value is -2.27. The molecular weight excluding hydrogens is 526 g/mol. The summed E-state index contributed by atoms with van der Waals surface area (Å²) < 4.78 is 17.9. The molecular formula is C31H49N3O7. The van der Waals surface area contributed by atoms with E-state index in [-0.39, 0.29) is 30.9 Å². The van der Waals surface area contributed by atoms with Gasteiger partial charge in [0.1, 0.15) is 17.6 Å². The van der Waals surface area contributed by atoms with Crippen LogP contribution in [-0.2, 0) is 28.6 Å². The van der Waals surface area contributed by atoms with Crippen molar-refractivity contribution in [2.24, 2.45) is 17.8 Å². The van der Waals surface area contributed by atoms with Gasteiger partial charge in [-0.05, 0) is 38.5 Å². The van der Waals surface area contributed by atoms with Crippen molar-refractivity contribution >= 4 is 17.8 Å². The summed E-state index contributed by atoms with van der Waals surface area (Å²) in [6.07, 6.45) is 6.59. The summed E-state index contributed by atoms with van der Waals surface area (Å²) >= 11 is 0. The first kappa shape index (κ1) is 31.7. The van der Waals surface area contributed by atoms with Crippen LogP contribution in [0.3, 0.4) is 0 Å². The van der Waals surface area contributed by atoms with Gasteiger partial charge in [0, 0.05) is 32.7 Å². The number of likely N-dealkylation sites (tertiary alicyclic amines) is 1. The van der Waals surface area contributed by atoms with E-state index in [1.165, 1.54) is 0 Å². The number of fused-ring (bicyclic) bond motifs is 1. The van der Waals surface area contributed by atoms with Crippen LogP contribution >= 0.6 is 0 Å². The van der Waals surface area contributed by atoms with Crippen LogP contribution in [-0.4, -0.2) is 120 Å². The molecule has 4 saturated heterocycles. The molecule has 1 N–H and O–H groups in total. The van der Waals surface area contributed by atoms with Crippen molar-refractivity contribution in [3.63, 3.8) is 0 Å². The number of amides is 2. The van der Waals surface area contributed by atoms with Crippen molar-refractivity contribution in [3.05, 3.63) is 25.3 Å². The van der Waals surface area contributed by atoms with Crippen molar-refractivity contribution in [2.75, 3.05) is 59.2 Å². The number of hydrogen-bond donors (Lipinski definition) is 1. The van der Waals surface area contributed by atoms with E-state index in [0.717, 1.165) is 19.5 Å². The highest BCUT2D eigenvalue weighted by Crippen LogP contribution is 2.64. The average molecular weight is 576 g/mol. The van der Waals surface area contributed by atoms with Crippen molar-refractivity contribution in [3.8, 4) is 0 Å². The maximum Gasteiger partial charge on any atom is 0.312 e. The lowest BCUT2D eigenvalue weighted by Crippen LogP contribution is -2.60. The molecule has 4 heterocycles. The molecule has 0 aromatic heterocycles. The summed E-state index contributed by atoms with van der Waals surface area (Å²) in [7, 11) is 0. The number of morpholine rings is 1. The molecule has 2 unspecified atom stereocenters. The van der Waals surface area contributed by atoms with Crippen LogP contribution < -0.4 is 0 Å². The molecule has 0 radical (unpaired) electrons. The molecule has 1 spiro atoms. The number of rotatable bonds is 15. The van der Waals surface area contributed by atoms with Crippen molar-refractivity contribution < 1.29 is 33.7 Å². The van der Waals surface area contributed by atoms with E-state index >= 15 is 0 Å². The minimum atomic E-state index is -1.16. The Balaban J connectivity index is 1.69. The molecule has 4 aliphatic rings. The molecule has 4 aliphatic heterocycles. The van der Waals surface area contributed by atoms with Gasteiger partial charge in [-0.1, -0.05) is 32.4 Å². The van der Waals surface area contributed by atoms with Gasteiger partial charge in [0.2, 0.25) is 11.8 Å². The third-order valence-electron chi connectivity index (χ3n) is 9.80. The Labute approximate surface area is 244 Å². The minimum Gasteiger partial charge on any atom is -0.465 e. The topological polar surface area (TPSA) is 109 Å². The number of carbonyl (C=O) groups is 3. The number of esters is 1. The van der Waals surface area contributed by atoms with Gasteiger partial charge in [-0.15, -0.1) is 13.2 Å². The fourth-order valence-electron chi connectivity index (χ4n) is 7.37. The Morgan fingerprint density at radius 1 is 1.24 bits per heavy atom. The number of ether oxygens (including phenoxy) is 3. The Morgan fingerprint density at radius 3 is 2.61 bits per heavy atom. The molecule has 4 rings (SSSR count). The van der Waals surface area contributed by atoms with Crippen LogP contribution in [0, 0.1) is 17.8 Å². The van der Waals surface area contributed by atoms with Crippen LogP contribution in [0.5, 0.6) is 0 Å². The van der Waals surface area contributed by atoms with Gasteiger partial charge in [0.25, 0.3) is 0 Å². The zero-order valence-corrected chi connectivity index (χ0v) is 25.1. The van der Waals surface area contributed by atoms with Crippen LogP contribution in [0.15, 0.2) is 25.3 Å². The smallest absolute Gasteiger partial charge is 0.312 e. The van der Waals surface area contributed by atoms with Crippen LogP contribution in [0.1, 0.15) is 52.9 Å². The molecule has 0 aromatic carbocycles. The van der Waals surface area contributed by atoms with Gasteiger partial charge in [-0.25, -0.2) is 0 Å². The quantitative estimate of drug-likeness (QED) is 0.180. The summed E-state index contributed by atoms with van der Waals surface area (Å²) in [6.45, 7) is 17.8. The number of hydrogen-bond acceptors (Lipinski definition) is 8. The predicted octanol–water partition coefficient (Wildman–Crippen LogP) is 2.01. The fraction of sp³-hybridized carbons (Fsp3) is 0.774. The zero-order valence-electron chi connectivity index (χ0n) is 25.1. The van der Waals surface area contributed by atoms with Gasteiger partial charge >= 0.3 is 5.97 Å². The zero-order chi connectivity index (χ0) is 29.8. The summed E-state index contributed by atoms with van der Waals surface area (Å²) in [4.78, 5) is 48.2. The second kappa shape index (κ2) is 13.4. The monoisotopic (exact) mass is 575 g/mol. The second-order valence-corrected chi connectivity index (χ2v) is 12.2. The lowest BCUT2D eigenvalue weighted by molar-refractivity contribution is -0.162. The van der Waals surface area contributed by atoms with Gasteiger partial charge in [-0.2, -0.15) is 0 Å². The summed E-state index contributed by atoms with van der Waals surface area (Å²) in [5, 5.41) is 10.5.